The Morgan fingerprint density at radius 2 is 2.10 bits per heavy atom. The average molecular weight is 362 g/mol. The first-order valence-corrected chi connectivity index (χ1v) is 9.09. The second-order valence-corrected chi connectivity index (χ2v) is 8.07. The average Bonchev–Trinajstić information content (AvgIpc) is 2.57. The van der Waals surface area contributed by atoms with Crippen LogP contribution in [-0.2, 0) is 10.0 Å². The highest BCUT2D eigenvalue weighted by Crippen LogP contribution is 2.25. The Hall–Kier alpha value is -0.660. The highest BCUT2D eigenvalue weighted by molar-refractivity contribution is 9.10. The van der Waals surface area contributed by atoms with E-state index < -0.39 is 10.0 Å². The van der Waals surface area contributed by atoms with Gasteiger partial charge in [0.15, 0.2) is 0 Å². The van der Waals surface area contributed by atoms with Crippen molar-refractivity contribution in [3.05, 3.63) is 16.7 Å². The van der Waals surface area contributed by atoms with Crippen molar-refractivity contribution in [3.63, 3.8) is 0 Å². The fourth-order valence-electron chi connectivity index (χ4n) is 2.53. The molecule has 2 rings (SSSR count). The van der Waals surface area contributed by atoms with Gasteiger partial charge >= 0.3 is 0 Å². The summed E-state index contributed by atoms with van der Waals surface area (Å²) in [5.41, 5.74) is 5.68. The lowest BCUT2D eigenvalue weighted by molar-refractivity contribution is 0.484. The third-order valence-electron chi connectivity index (χ3n) is 3.72. The summed E-state index contributed by atoms with van der Waals surface area (Å²) in [7, 11) is -3.61. The van der Waals surface area contributed by atoms with Crippen molar-refractivity contribution in [2.24, 2.45) is 5.92 Å². The number of nitrogens with two attached hydrogens (primary N) is 1. The molecule has 0 amide bonds. The van der Waals surface area contributed by atoms with Crippen molar-refractivity contribution < 1.29 is 8.42 Å². The first-order chi connectivity index (χ1) is 9.38. The predicted octanol–water partition coefficient (Wildman–Crippen LogP) is 2.67. The number of aromatic nitrogens is 1. The maximum absolute atomic E-state index is 12.4. The van der Waals surface area contributed by atoms with Crippen molar-refractivity contribution in [2.75, 3.05) is 5.73 Å². The molecule has 3 N–H and O–H groups in total. The zero-order valence-corrected chi connectivity index (χ0v) is 13.9. The van der Waals surface area contributed by atoms with Crippen molar-refractivity contribution in [2.45, 2.75) is 50.0 Å². The first-order valence-electron chi connectivity index (χ1n) is 6.82. The van der Waals surface area contributed by atoms with Crippen LogP contribution in [0.3, 0.4) is 0 Å². The lowest BCUT2D eigenvalue weighted by Crippen LogP contribution is -2.35. The molecule has 0 saturated heterocycles. The minimum absolute atomic E-state index is 0.0108. The summed E-state index contributed by atoms with van der Waals surface area (Å²) in [6, 6.07) is 1.48. The van der Waals surface area contributed by atoms with Crippen LogP contribution in [0.25, 0.3) is 0 Å². The fraction of sp³-hybridized carbons (Fsp3) is 0.615. The summed E-state index contributed by atoms with van der Waals surface area (Å²) in [6.45, 7) is 2.22. The number of hydrogen-bond acceptors (Lipinski definition) is 4. The summed E-state index contributed by atoms with van der Waals surface area (Å²) in [4.78, 5) is 3.93. The van der Waals surface area contributed by atoms with E-state index in [2.05, 4.69) is 32.6 Å². The van der Waals surface area contributed by atoms with Crippen LogP contribution in [0.5, 0.6) is 0 Å². The van der Waals surface area contributed by atoms with Crippen LogP contribution in [0.4, 0.5) is 5.82 Å². The van der Waals surface area contributed by atoms with Crippen molar-refractivity contribution >= 4 is 31.8 Å². The minimum atomic E-state index is -3.61. The molecule has 0 spiro atoms. The second-order valence-electron chi connectivity index (χ2n) is 5.47. The Morgan fingerprint density at radius 1 is 1.35 bits per heavy atom. The van der Waals surface area contributed by atoms with Crippen LogP contribution in [-0.4, -0.2) is 19.4 Å². The molecule has 1 aliphatic rings. The van der Waals surface area contributed by atoms with E-state index in [1.807, 2.05) is 0 Å². The van der Waals surface area contributed by atoms with Crippen molar-refractivity contribution in [3.8, 4) is 0 Å². The van der Waals surface area contributed by atoms with Gasteiger partial charge in [-0.3, -0.25) is 0 Å². The molecule has 1 aromatic heterocycles. The van der Waals surface area contributed by atoms with Crippen molar-refractivity contribution in [1.29, 1.82) is 0 Å². The lowest BCUT2D eigenvalue weighted by Gasteiger charge is -2.17. The van der Waals surface area contributed by atoms with Crippen LogP contribution in [0, 0.1) is 5.92 Å². The van der Waals surface area contributed by atoms with Crippen LogP contribution in [0.1, 0.15) is 39.0 Å². The zero-order chi connectivity index (χ0) is 14.8. The van der Waals surface area contributed by atoms with Gasteiger partial charge in [0.2, 0.25) is 10.0 Å². The third-order valence-corrected chi connectivity index (χ3v) is 5.70. The molecule has 20 heavy (non-hydrogen) atoms. The van der Waals surface area contributed by atoms with E-state index in [-0.39, 0.29) is 16.8 Å². The van der Waals surface area contributed by atoms with Crippen LogP contribution >= 0.6 is 15.9 Å². The number of hydrogen-bond donors (Lipinski definition) is 2. The summed E-state index contributed by atoms with van der Waals surface area (Å²) >= 11 is 3.22. The molecule has 1 saturated carbocycles. The molecule has 5 nitrogen and oxygen atoms in total. The number of pyridine rings is 1. The van der Waals surface area contributed by atoms with Gasteiger partial charge in [-0.05, 0) is 47.2 Å². The molecule has 1 fully saturated rings. The molecular formula is C13H20BrN3O2S. The largest absolute Gasteiger partial charge is 0.383 e. The summed E-state index contributed by atoms with van der Waals surface area (Å²) in [6.07, 6.45) is 6.52. The molecule has 0 aromatic carbocycles. The molecule has 112 valence electrons. The van der Waals surface area contributed by atoms with E-state index in [0.29, 0.717) is 10.4 Å². The number of nitrogen functional groups attached to an aromatic ring is 1. The first kappa shape index (κ1) is 15.7. The van der Waals surface area contributed by atoms with Crippen molar-refractivity contribution in [1.82, 2.24) is 9.71 Å². The maximum Gasteiger partial charge on any atom is 0.244 e. The van der Waals surface area contributed by atoms with E-state index in [4.69, 9.17) is 5.73 Å². The molecule has 7 heteroatoms. The highest BCUT2D eigenvalue weighted by Gasteiger charge is 2.25. The fourth-order valence-corrected chi connectivity index (χ4v) is 4.43. The maximum atomic E-state index is 12.4. The van der Waals surface area contributed by atoms with Gasteiger partial charge in [0.25, 0.3) is 0 Å². The Balaban J connectivity index is 2.16. The van der Waals surface area contributed by atoms with E-state index in [1.54, 1.807) is 0 Å². The van der Waals surface area contributed by atoms with Gasteiger partial charge in [-0.25, -0.2) is 18.1 Å². The second kappa shape index (κ2) is 6.41. The normalized spacial score (nSPS) is 24.3. The number of nitrogens with zero attached hydrogens (tertiary/aromatic N) is 1. The summed E-state index contributed by atoms with van der Waals surface area (Å²) < 4.78 is 28.2. The molecule has 1 heterocycles. The Labute approximate surface area is 128 Å². The van der Waals surface area contributed by atoms with Crippen LogP contribution in [0.2, 0.25) is 0 Å². The van der Waals surface area contributed by atoms with Gasteiger partial charge < -0.3 is 5.73 Å². The monoisotopic (exact) mass is 361 g/mol. The molecule has 0 bridgehead atoms. The number of nitrogens with one attached hydrogen (secondary N) is 1. The SMILES string of the molecule is CC1CCCC(NS(=O)(=O)c2cc(Br)cnc2N)CC1. The molecule has 0 radical (unpaired) electrons. The van der Waals surface area contributed by atoms with E-state index in [1.165, 1.54) is 18.7 Å². The number of halogens is 1. The summed E-state index contributed by atoms with van der Waals surface area (Å²) in [5, 5.41) is 0. The molecule has 1 aliphatic carbocycles. The molecule has 0 aliphatic heterocycles. The number of anilines is 1. The summed E-state index contributed by atoms with van der Waals surface area (Å²) in [5.74, 6) is 0.699. The number of rotatable bonds is 3. The third kappa shape index (κ3) is 3.93. The van der Waals surface area contributed by atoms with Gasteiger partial charge in [0.1, 0.15) is 10.7 Å². The molecule has 2 unspecified atom stereocenters. The highest BCUT2D eigenvalue weighted by atomic mass is 79.9. The van der Waals surface area contributed by atoms with Gasteiger partial charge in [-0.2, -0.15) is 0 Å². The minimum Gasteiger partial charge on any atom is -0.383 e. The van der Waals surface area contributed by atoms with E-state index in [0.717, 1.165) is 25.7 Å². The topological polar surface area (TPSA) is 85.1 Å². The quantitative estimate of drug-likeness (QED) is 0.810. The lowest BCUT2D eigenvalue weighted by atomic mass is 10.0. The van der Waals surface area contributed by atoms with Crippen LogP contribution < -0.4 is 10.5 Å². The van der Waals surface area contributed by atoms with E-state index >= 15 is 0 Å². The Bertz CT molecular complexity index is 577. The van der Waals surface area contributed by atoms with Gasteiger partial charge in [0.05, 0.1) is 0 Å². The van der Waals surface area contributed by atoms with Gasteiger partial charge in [-0.15, -0.1) is 0 Å². The zero-order valence-electron chi connectivity index (χ0n) is 11.5. The molecular weight excluding hydrogens is 342 g/mol. The standard InChI is InChI=1S/C13H20BrN3O2S/c1-9-3-2-4-11(6-5-9)17-20(18,19)12-7-10(14)8-16-13(12)15/h7-9,11,17H,2-6H2,1H3,(H2,15,16). The molecule has 1 aromatic rings. The Kier molecular flexibility index (Phi) is 5.04. The molecule has 2 atom stereocenters. The van der Waals surface area contributed by atoms with Gasteiger partial charge in [0, 0.05) is 16.7 Å². The van der Waals surface area contributed by atoms with Gasteiger partial charge in [-0.1, -0.05) is 19.8 Å². The Morgan fingerprint density at radius 3 is 2.85 bits per heavy atom. The predicted molar refractivity (Wildman–Crippen MR) is 82.7 cm³/mol. The van der Waals surface area contributed by atoms with Crippen LogP contribution in [0.15, 0.2) is 21.6 Å². The smallest absolute Gasteiger partial charge is 0.244 e. The van der Waals surface area contributed by atoms with E-state index in [9.17, 15) is 8.42 Å². The number of sulfonamides is 1.